The zero-order valence-corrected chi connectivity index (χ0v) is 10.6. The number of hydrogen-bond donors (Lipinski definition) is 3. The molecule has 0 atom stereocenters. The average Bonchev–Trinajstić information content (AvgIpc) is 2.28. The number of carboxylic acids is 1. The summed E-state index contributed by atoms with van der Waals surface area (Å²) >= 11 is 0. The number of nitrogens with one attached hydrogen (secondary N) is 2. The van der Waals surface area contributed by atoms with Crippen LogP contribution < -0.4 is 10.7 Å². The quantitative estimate of drug-likeness (QED) is 0.698. The summed E-state index contributed by atoms with van der Waals surface area (Å²) in [7, 11) is 0. The average molecular weight is 255 g/mol. The first-order valence-corrected chi connectivity index (χ1v) is 6.65. The van der Waals surface area contributed by atoms with Crippen LogP contribution in [0, 0.1) is 5.41 Å². The molecule has 1 saturated heterocycles. The second-order valence-corrected chi connectivity index (χ2v) is 5.28. The highest BCUT2D eigenvalue weighted by Gasteiger charge is 2.44. The highest BCUT2D eigenvalue weighted by molar-refractivity contribution is 5.78. The van der Waals surface area contributed by atoms with Crippen molar-refractivity contribution < 1.29 is 14.7 Å². The van der Waals surface area contributed by atoms with E-state index in [1.54, 1.807) is 0 Å². The number of carbonyl (C=O) groups excluding carboxylic acids is 1. The van der Waals surface area contributed by atoms with Gasteiger partial charge in [-0.3, -0.25) is 10.2 Å². The number of amides is 2. The summed E-state index contributed by atoms with van der Waals surface area (Å²) in [4.78, 5) is 22.8. The molecule has 0 unspecified atom stereocenters. The molecule has 2 aliphatic rings. The molecule has 2 amide bonds. The predicted octanol–water partition coefficient (Wildman–Crippen LogP) is 0.941. The maximum Gasteiger partial charge on any atom is 0.329 e. The molecule has 3 N–H and O–H groups in total. The minimum absolute atomic E-state index is 0.224. The van der Waals surface area contributed by atoms with E-state index in [0.29, 0.717) is 12.8 Å². The first-order valence-electron chi connectivity index (χ1n) is 6.65. The van der Waals surface area contributed by atoms with Gasteiger partial charge in [0.05, 0.1) is 5.41 Å². The number of hydrazine groups is 1. The number of nitrogens with zero attached hydrogens (tertiary/aromatic N) is 1. The van der Waals surface area contributed by atoms with Gasteiger partial charge in [0, 0.05) is 19.6 Å². The molecule has 1 saturated carbocycles. The van der Waals surface area contributed by atoms with E-state index in [2.05, 4.69) is 10.7 Å². The molecular formula is C12H21N3O3. The zero-order chi connectivity index (χ0) is 13.0. The van der Waals surface area contributed by atoms with Gasteiger partial charge in [-0.15, -0.1) is 0 Å². The van der Waals surface area contributed by atoms with Crippen LogP contribution in [-0.2, 0) is 4.79 Å². The van der Waals surface area contributed by atoms with Crippen LogP contribution in [0.25, 0.3) is 0 Å². The third-order valence-corrected chi connectivity index (χ3v) is 3.97. The fourth-order valence-electron chi connectivity index (χ4n) is 2.51. The molecule has 0 spiro atoms. The molecule has 1 aliphatic heterocycles. The third-order valence-electron chi connectivity index (χ3n) is 3.97. The van der Waals surface area contributed by atoms with Crippen LogP contribution in [0.4, 0.5) is 4.79 Å². The van der Waals surface area contributed by atoms with Crippen molar-refractivity contribution in [2.24, 2.45) is 5.41 Å². The maximum atomic E-state index is 11.7. The van der Waals surface area contributed by atoms with Crippen molar-refractivity contribution in [1.82, 2.24) is 15.8 Å². The predicted molar refractivity (Wildman–Crippen MR) is 65.9 cm³/mol. The Kier molecular flexibility index (Phi) is 4.06. The van der Waals surface area contributed by atoms with Gasteiger partial charge < -0.3 is 10.4 Å². The van der Waals surface area contributed by atoms with E-state index in [-0.39, 0.29) is 12.6 Å². The molecule has 0 aromatic carbocycles. The van der Waals surface area contributed by atoms with Gasteiger partial charge in [0.25, 0.3) is 0 Å². The van der Waals surface area contributed by atoms with Crippen LogP contribution in [0.15, 0.2) is 0 Å². The topological polar surface area (TPSA) is 81.7 Å². The highest BCUT2D eigenvalue weighted by atomic mass is 16.4. The van der Waals surface area contributed by atoms with Crippen LogP contribution in [0.3, 0.4) is 0 Å². The lowest BCUT2D eigenvalue weighted by molar-refractivity contribution is -0.153. The lowest BCUT2D eigenvalue weighted by Crippen LogP contribution is -2.53. The van der Waals surface area contributed by atoms with Crippen LogP contribution in [0.1, 0.15) is 38.5 Å². The van der Waals surface area contributed by atoms with Crippen molar-refractivity contribution in [1.29, 1.82) is 0 Å². The van der Waals surface area contributed by atoms with Gasteiger partial charge in [-0.05, 0) is 25.7 Å². The summed E-state index contributed by atoms with van der Waals surface area (Å²) in [6, 6.07) is -0.288. The Morgan fingerprint density at radius 1 is 1.11 bits per heavy atom. The minimum atomic E-state index is -0.799. The summed E-state index contributed by atoms with van der Waals surface area (Å²) in [5.41, 5.74) is 2.05. The SMILES string of the molecule is O=C(NCC1(C(=O)O)CCC1)NN1CCCCC1. The van der Waals surface area contributed by atoms with E-state index < -0.39 is 11.4 Å². The molecule has 2 fully saturated rings. The van der Waals surface area contributed by atoms with E-state index in [1.165, 1.54) is 6.42 Å². The minimum Gasteiger partial charge on any atom is -0.481 e. The number of hydrogen-bond acceptors (Lipinski definition) is 3. The third kappa shape index (κ3) is 2.93. The highest BCUT2D eigenvalue weighted by Crippen LogP contribution is 2.40. The molecular weight excluding hydrogens is 234 g/mol. The number of urea groups is 1. The number of aliphatic carboxylic acids is 1. The van der Waals surface area contributed by atoms with Crippen LogP contribution in [-0.4, -0.2) is 41.8 Å². The Hall–Kier alpha value is -1.30. The summed E-state index contributed by atoms with van der Waals surface area (Å²) < 4.78 is 0. The fraction of sp³-hybridized carbons (Fsp3) is 0.833. The fourth-order valence-corrected chi connectivity index (χ4v) is 2.51. The van der Waals surface area contributed by atoms with E-state index in [0.717, 1.165) is 32.4 Å². The second-order valence-electron chi connectivity index (χ2n) is 5.28. The Morgan fingerprint density at radius 2 is 1.78 bits per heavy atom. The normalized spacial score (nSPS) is 22.9. The lowest BCUT2D eigenvalue weighted by Gasteiger charge is -2.37. The standard InChI is InChI=1S/C12H21N3O3/c16-10(17)12(5-4-6-12)9-13-11(18)14-15-7-2-1-3-8-15/h1-9H2,(H,16,17)(H2,13,14,18). The van der Waals surface area contributed by atoms with Gasteiger partial charge >= 0.3 is 12.0 Å². The van der Waals surface area contributed by atoms with Gasteiger partial charge in [0.15, 0.2) is 0 Å². The van der Waals surface area contributed by atoms with E-state index in [9.17, 15) is 9.59 Å². The first kappa shape index (κ1) is 13.1. The van der Waals surface area contributed by atoms with Crippen molar-refractivity contribution in [2.75, 3.05) is 19.6 Å². The van der Waals surface area contributed by atoms with Crippen LogP contribution in [0.5, 0.6) is 0 Å². The monoisotopic (exact) mass is 255 g/mol. The van der Waals surface area contributed by atoms with Gasteiger partial charge in [-0.25, -0.2) is 9.80 Å². The molecule has 0 bridgehead atoms. The molecule has 1 aliphatic carbocycles. The number of piperidine rings is 1. The van der Waals surface area contributed by atoms with Crippen LogP contribution >= 0.6 is 0 Å². The Bertz CT molecular complexity index is 323. The lowest BCUT2D eigenvalue weighted by atomic mass is 9.69. The van der Waals surface area contributed by atoms with Crippen LogP contribution in [0.2, 0.25) is 0 Å². The molecule has 18 heavy (non-hydrogen) atoms. The van der Waals surface area contributed by atoms with Gasteiger partial charge in [0.2, 0.25) is 0 Å². The largest absolute Gasteiger partial charge is 0.481 e. The number of carbonyl (C=O) groups is 2. The molecule has 0 aromatic heterocycles. The van der Waals surface area contributed by atoms with Gasteiger partial charge in [0.1, 0.15) is 0 Å². The van der Waals surface area contributed by atoms with Crippen molar-refractivity contribution in [2.45, 2.75) is 38.5 Å². The van der Waals surface area contributed by atoms with Crippen molar-refractivity contribution >= 4 is 12.0 Å². The van der Waals surface area contributed by atoms with E-state index >= 15 is 0 Å². The number of rotatable bonds is 4. The van der Waals surface area contributed by atoms with Crippen molar-refractivity contribution in [3.63, 3.8) is 0 Å². The van der Waals surface area contributed by atoms with E-state index in [4.69, 9.17) is 5.11 Å². The summed E-state index contributed by atoms with van der Waals surface area (Å²) in [6.45, 7) is 1.97. The van der Waals surface area contributed by atoms with Gasteiger partial charge in [-0.1, -0.05) is 12.8 Å². The first-order chi connectivity index (χ1) is 8.62. The Morgan fingerprint density at radius 3 is 2.28 bits per heavy atom. The molecule has 6 heteroatoms. The zero-order valence-electron chi connectivity index (χ0n) is 10.6. The molecule has 102 valence electrons. The molecule has 6 nitrogen and oxygen atoms in total. The molecule has 1 heterocycles. The molecule has 0 aromatic rings. The smallest absolute Gasteiger partial charge is 0.329 e. The summed E-state index contributed by atoms with van der Waals surface area (Å²) in [5, 5.41) is 13.7. The maximum absolute atomic E-state index is 11.7. The van der Waals surface area contributed by atoms with E-state index in [1.807, 2.05) is 5.01 Å². The van der Waals surface area contributed by atoms with Gasteiger partial charge in [-0.2, -0.15) is 0 Å². The second kappa shape index (κ2) is 5.56. The molecule has 2 rings (SSSR count). The van der Waals surface area contributed by atoms with Crippen molar-refractivity contribution in [3.05, 3.63) is 0 Å². The number of carboxylic acid groups (broad SMARTS) is 1. The summed E-state index contributed by atoms with van der Waals surface area (Å²) in [5.74, 6) is -0.799. The van der Waals surface area contributed by atoms with Crippen molar-refractivity contribution in [3.8, 4) is 0 Å². The molecule has 0 radical (unpaired) electrons. The Balaban J connectivity index is 1.72. The Labute approximate surface area is 107 Å². The summed E-state index contributed by atoms with van der Waals surface area (Å²) in [6.07, 6.45) is 5.65.